The predicted molar refractivity (Wildman–Crippen MR) is 87.7 cm³/mol. The third kappa shape index (κ3) is 3.30. The van der Waals surface area contributed by atoms with Crippen LogP contribution in [0.3, 0.4) is 0 Å². The number of H-pyrrole nitrogens is 1. The first-order valence-electron chi connectivity index (χ1n) is 7.43. The molecular formula is C18H20N2O2. The zero-order valence-corrected chi connectivity index (χ0v) is 12.3. The number of aliphatic hydroxyl groups is 1. The molecule has 0 aliphatic carbocycles. The molecular weight excluding hydrogens is 276 g/mol. The zero-order chi connectivity index (χ0) is 15.4. The van der Waals surface area contributed by atoms with Gasteiger partial charge >= 0.3 is 0 Å². The standard InChI is InChI=1S/C18H20N2O2/c19-8-6-18(21)15-2-1-3-16(11-15)22-12-13-4-5-14-7-9-20-17(14)10-13/h1-5,7,9-11,18,20-21H,6,8,12,19H2/t18-/m1/s1. The second-order valence-corrected chi connectivity index (χ2v) is 5.35. The molecule has 0 unspecified atom stereocenters. The first-order valence-corrected chi connectivity index (χ1v) is 7.43. The summed E-state index contributed by atoms with van der Waals surface area (Å²) >= 11 is 0. The van der Waals surface area contributed by atoms with Gasteiger partial charge in [-0.1, -0.05) is 24.3 Å². The fourth-order valence-corrected chi connectivity index (χ4v) is 2.49. The van der Waals surface area contributed by atoms with Crippen molar-refractivity contribution in [1.29, 1.82) is 0 Å². The van der Waals surface area contributed by atoms with Crippen molar-refractivity contribution in [3.8, 4) is 5.75 Å². The number of hydrogen-bond acceptors (Lipinski definition) is 3. The molecule has 0 aliphatic rings. The lowest BCUT2D eigenvalue weighted by Crippen LogP contribution is -2.06. The van der Waals surface area contributed by atoms with Crippen molar-refractivity contribution in [2.45, 2.75) is 19.1 Å². The summed E-state index contributed by atoms with van der Waals surface area (Å²) in [4.78, 5) is 3.20. The number of nitrogens with one attached hydrogen (secondary N) is 1. The van der Waals surface area contributed by atoms with Crippen LogP contribution in [0.4, 0.5) is 0 Å². The number of aliphatic hydroxyl groups excluding tert-OH is 1. The Morgan fingerprint density at radius 3 is 2.91 bits per heavy atom. The van der Waals surface area contributed by atoms with Gasteiger partial charge in [0.25, 0.3) is 0 Å². The summed E-state index contributed by atoms with van der Waals surface area (Å²) in [6, 6.07) is 15.8. The number of fused-ring (bicyclic) bond motifs is 1. The molecule has 0 spiro atoms. The van der Waals surface area contributed by atoms with Crippen molar-refractivity contribution in [3.63, 3.8) is 0 Å². The van der Waals surface area contributed by atoms with Gasteiger partial charge in [0.05, 0.1) is 6.10 Å². The van der Waals surface area contributed by atoms with E-state index in [1.54, 1.807) is 0 Å². The van der Waals surface area contributed by atoms with Gasteiger partial charge in [0.1, 0.15) is 12.4 Å². The SMILES string of the molecule is NCC[C@@H](O)c1cccc(OCc2ccc3cc[nH]c3c2)c1. The normalized spacial score (nSPS) is 12.5. The molecule has 4 N–H and O–H groups in total. The molecule has 4 heteroatoms. The lowest BCUT2D eigenvalue weighted by atomic mass is 10.1. The molecule has 0 radical (unpaired) electrons. The summed E-state index contributed by atoms with van der Waals surface area (Å²) in [5.41, 5.74) is 8.52. The van der Waals surface area contributed by atoms with Gasteiger partial charge in [0.15, 0.2) is 0 Å². The van der Waals surface area contributed by atoms with Gasteiger partial charge in [-0.2, -0.15) is 0 Å². The Morgan fingerprint density at radius 2 is 2.05 bits per heavy atom. The molecule has 0 amide bonds. The van der Waals surface area contributed by atoms with E-state index in [-0.39, 0.29) is 0 Å². The number of aromatic nitrogens is 1. The average molecular weight is 296 g/mol. The van der Waals surface area contributed by atoms with E-state index in [0.717, 1.165) is 22.4 Å². The molecule has 0 aliphatic heterocycles. The van der Waals surface area contributed by atoms with Crippen molar-refractivity contribution < 1.29 is 9.84 Å². The molecule has 0 bridgehead atoms. The van der Waals surface area contributed by atoms with Crippen LogP contribution < -0.4 is 10.5 Å². The lowest BCUT2D eigenvalue weighted by Gasteiger charge is -2.12. The highest BCUT2D eigenvalue weighted by Crippen LogP contribution is 2.22. The molecule has 1 heterocycles. The van der Waals surface area contributed by atoms with Crippen molar-refractivity contribution in [2.75, 3.05) is 6.54 Å². The van der Waals surface area contributed by atoms with Gasteiger partial charge in [0.2, 0.25) is 0 Å². The number of benzene rings is 2. The van der Waals surface area contributed by atoms with Gasteiger partial charge < -0.3 is 20.6 Å². The highest BCUT2D eigenvalue weighted by molar-refractivity contribution is 5.79. The fourth-order valence-electron chi connectivity index (χ4n) is 2.49. The number of ether oxygens (including phenoxy) is 1. The van der Waals surface area contributed by atoms with Crippen LogP contribution in [-0.4, -0.2) is 16.6 Å². The maximum Gasteiger partial charge on any atom is 0.120 e. The quantitative estimate of drug-likeness (QED) is 0.654. The van der Waals surface area contributed by atoms with Crippen molar-refractivity contribution in [1.82, 2.24) is 4.98 Å². The van der Waals surface area contributed by atoms with Crippen LogP contribution in [0.15, 0.2) is 54.7 Å². The van der Waals surface area contributed by atoms with Gasteiger partial charge in [-0.3, -0.25) is 0 Å². The minimum absolute atomic E-state index is 0.461. The maximum absolute atomic E-state index is 9.99. The molecule has 22 heavy (non-hydrogen) atoms. The van der Waals surface area contributed by atoms with E-state index >= 15 is 0 Å². The van der Waals surface area contributed by atoms with Crippen LogP contribution >= 0.6 is 0 Å². The van der Waals surface area contributed by atoms with E-state index in [0.29, 0.717) is 19.6 Å². The summed E-state index contributed by atoms with van der Waals surface area (Å²) in [6.07, 6.45) is 1.94. The monoisotopic (exact) mass is 296 g/mol. The summed E-state index contributed by atoms with van der Waals surface area (Å²) < 4.78 is 5.83. The van der Waals surface area contributed by atoms with Gasteiger partial charge in [0, 0.05) is 11.7 Å². The Balaban J connectivity index is 1.69. The zero-order valence-electron chi connectivity index (χ0n) is 12.3. The summed E-state index contributed by atoms with van der Waals surface area (Å²) in [6.45, 7) is 0.952. The molecule has 2 aromatic carbocycles. The number of rotatable bonds is 6. The van der Waals surface area contributed by atoms with E-state index in [9.17, 15) is 5.11 Å². The Hall–Kier alpha value is -2.30. The van der Waals surface area contributed by atoms with Crippen LogP contribution in [-0.2, 0) is 6.61 Å². The second kappa shape index (κ2) is 6.64. The number of nitrogens with two attached hydrogens (primary N) is 1. The fraction of sp³-hybridized carbons (Fsp3) is 0.222. The summed E-state index contributed by atoms with van der Waals surface area (Å²) in [5.74, 6) is 0.750. The Kier molecular flexibility index (Phi) is 4.42. The Labute approximate surface area is 129 Å². The highest BCUT2D eigenvalue weighted by Gasteiger charge is 2.07. The van der Waals surface area contributed by atoms with Crippen molar-refractivity contribution >= 4 is 10.9 Å². The summed E-state index contributed by atoms with van der Waals surface area (Å²) in [5, 5.41) is 11.2. The van der Waals surface area contributed by atoms with Gasteiger partial charge in [-0.15, -0.1) is 0 Å². The predicted octanol–water partition coefficient (Wildman–Crippen LogP) is 3.13. The summed E-state index contributed by atoms with van der Waals surface area (Å²) in [7, 11) is 0. The third-order valence-corrected chi connectivity index (χ3v) is 3.71. The largest absolute Gasteiger partial charge is 0.489 e. The number of hydrogen-bond donors (Lipinski definition) is 3. The molecule has 4 nitrogen and oxygen atoms in total. The van der Waals surface area contributed by atoms with Crippen molar-refractivity contribution in [3.05, 3.63) is 65.9 Å². The van der Waals surface area contributed by atoms with E-state index in [1.165, 1.54) is 5.39 Å². The minimum atomic E-state index is -0.538. The topological polar surface area (TPSA) is 71.3 Å². The number of aromatic amines is 1. The van der Waals surface area contributed by atoms with Crippen LogP contribution in [0, 0.1) is 0 Å². The third-order valence-electron chi connectivity index (χ3n) is 3.71. The van der Waals surface area contributed by atoms with Gasteiger partial charge in [-0.05, 0) is 53.7 Å². The van der Waals surface area contributed by atoms with Gasteiger partial charge in [-0.25, -0.2) is 0 Å². The first-order chi connectivity index (χ1) is 10.8. The molecule has 114 valence electrons. The van der Waals surface area contributed by atoms with E-state index < -0.39 is 6.10 Å². The molecule has 1 atom stereocenters. The Morgan fingerprint density at radius 1 is 1.14 bits per heavy atom. The smallest absolute Gasteiger partial charge is 0.120 e. The molecule has 0 saturated heterocycles. The van der Waals surface area contributed by atoms with Crippen LogP contribution in [0.25, 0.3) is 10.9 Å². The molecule has 0 fully saturated rings. The van der Waals surface area contributed by atoms with Crippen LogP contribution in [0.2, 0.25) is 0 Å². The Bertz CT molecular complexity index is 751. The van der Waals surface area contributed by atoms with Crippen molar-refractivity contribution in [2.24, 2.45) is 5.73 Å². The maximum atomic E-state index is 9.99. The molecule has 3 rings (SSSR count). The lowest BCUT2D eigenvalue weighted by molar-refractivity contribution is 0.169. The van der Waals surface area contributed by atoms with E-state index in [4.69, 9.17) is 10.5 Å². The first kappa shape index (κ1) is 14.6. The highest BCUT2D eigenvalue weighted by atomic mass is 16.5. The molecule has 1 aromatic heterocycles. The van der Waals surface area contributed by atoms with Crippen LogP contribution in [0.1, 0.15) is 23.7 Å². The van der Waals surface area contributed by atoms with E-state index in [1.807, 2.05) is 36.5 Å². The second-order valence-electron chi connectivity index (χ2n) is 5.35. The molecule has 0 saturated carbocycles. The van der Waals surface area contributed by atoms with Crippen LogP contribution in [0.5, 0.6) is 5.75 Å². The van der Waals surface area contributed by atoms with E-state index in [2.05, 4.69) is 23.2 Å². The average Bonchev–Trinajstić information content (AvgIpc) is 3.01. The minimum Gasteiger partial charge on any atom is -0.489 e. The molecule has 3 aromatic rings.